The van der Waals surface area contributed by atoms with Crippen molar-refractivity contribution in [1.29, 1.82) is 0 Å². The number of hydrogen-bond acceptors (Lipinski definition) is 2. The van der Waals surface area contributed by atoms with Crippen molar-refractivity contribution < 1.29 is 9.59 Å². The molecule has 0 fully saturated rings. The van der Waals surface area contributed by atoms with Crippen molar-refractivity contribution in [2.45, 2.75) is 64.6 Å². The van der Waals surface area contributed by atoms with Crippen molar-refractivity contribution in [2.24, 2.45) is 0 Å². The lowest BCUT2D eigenvalue weighted by atomic mass is 9.92. The molecule has 0 bridgehead atoms. The number of alkyl halides is 1. The van der Waals surface area contributed by atoms with Crippen molar-refractivity contribution in [2.75, 3.05) is 0 Å². The van der Waals surface area contributed by atoms with Crippen LogP contribution in [0.4, 0.5) is 0 Å². The number of carbonyl (C=O) groups excluding carboxylic acids is 2. The molecule has 0 spiro atoms. The van der Waals surface area contributed by atoms with Gasteiger partial charge in [0.2, 0.25) is 0 Å². The summed E-state index contributed by atoms with van der Waals surface area (Å²) in [6.45, 7) is 12.6. The first kappa shape index (κ1) is 28.2. The number of aldehydes is 2. The number of aryl methyl sites for hydroxylation is 2. The second-order valence-corrected chi connectivity index (χ2v) is 8.31. The smallest absolute Gasteiger partial charge is 0.134 e. The zero-order valence-electron chi connectivity index (χ0n) is 18.0. The van der Waals surface area contributed by atoms with Crippen LogP contribution in [0.25, 0.3) is 0 Å². The molecule has 3 atom stereocenters. The van der Waals surface area contributed by atoms with E-state index in [0.29, 0.717) is 12.3 Å². The molecule has 0 aliphatic rings. The van der Waals surface area contributed by atoms with Gasteiger partial charge in [0.15, 0.2) is 0 Å². The van der Waals surface area contributed by atoms with E-state index in [2.05, 4.69) is 116 Å². The minimum absolute atomic E-state index is 0.0944. The lowest BCUT2D eigenvalue weighted by Gasteiger charge is -2.17. The molecule has 0 aromatic heterocycles. The van der Waals surface area contributed by atoms with Crippen LogP contribution in [-0.4, -0.2) is 17.4 Å². The van der Waals surface area contributed by atoms with Gasteiger partial charge in [0.1, 0.15) is 12.6 Å². The Balaban J connectivity index is 0.000000499. The van der Waals surface area contributed by atoms with Gasteiger partial charge in [-0.3, -0.25) is 0 Å². The highest BCUT2D eigenvalue weighted by atomic mass is 80.9. The molecule has 0 aliphatic carbocycles. The summed E-state index contributed by atoms with van der Waals surface area (Å²) in [5.74, 6) is 0.574. The van der Waals surface area contributed by atoms with Crippen LogP contribution in [0.3, 0.4) is 0 Å². The Morgan fingerprint density at radius 2 is 1.28 bits per heavy atom. The molecule has 160 valence electrons. The predicted octanol–water partition coefficient (Wildman–Crippen LogP) is 8.06. The van der Waals surface area contributed by atoms with Crippen LogP contribution in [0.5, 0.6) is 0 Å². The Morgan fingerprint density at radius 3 is 1.72 bits per heavy atom. The van der Waals surface area contributed by atoms with E-state index in [1.165, 1.54) is 33.4 Å². The van der Waals surface area contributed by atoms with Gasteiger partial charge in [0.25, 0.3) is 0 Å². The molecular formula is C24H31Br3O2. The van der Waals surface area contributed by atoms with Crippen LogP contribution in [0.2, 0.25) is 0 Å². The van der Waals surface area contributed by atoms with Crippen molar-refractivity contribution in [3.8, 4) is 0 Å². The van der Waals surface area contributed by atoms with Gasteiger partial charge in [0.05, 0.1) is 4.83 Å². The van der Waals surface area contributed by atoms with E-state index in [-0.39, 0.29) is 10.7 Å². The molecule has 29 heavy (non-hydrogen) atoms. The number of hydrogen-bond donors (Lipinski definition) is 0. The second-order valence-electron chi connectivity index (χ2n) is 7.25. The van der Waals surface area contributed by atoms with Crippen LogP contribution in [0.1, 0.15) is 65.5 Å². The summed E-state index contributed by atoms with van der Waals surface area (Å²) in [4.78, 5) is 21.0. The molecule has 2 aromatic rings. The number of carbonyl (C=O) groups is 2. The first-order chi connectivity index (χ1) is 13.7. The van der Waals surface area contributed by atoms with E-state index >= 15 is 0 Å². The monoisotopic (exact) mass is 588 g/mol. The zero-order valence-corrected chi connectivity index (χ0v) is 22.8. The molecule has 2 nitrogen and oxygen atoms in total. The molecule has 0 saturated heterocycles. The first-order valence-electron chi connectivity index (χ1n) is 9.54. The van der Waals surface area contributed by atoms with Gasteiger partial charge in [0, 0.05) is 40.6 Å². The SMILES string of the molecule is BrBr.Cc1cccc(C(C)C(Br)C=O)c1C.Cc1cccc(C(C)CC=O)c1C. The third-order valence-electron chi connectivity index (χ3n) is 5.37. The van der Waals surface area contributed by atoms with Crippen LogP contribution in [0.15, 0.2) is 36.4 Å². The molecule has 2 aromatic carbocycles. The Hall–Kier alpha value is -0.780. The summed E-state index contributed by atoms with van der Waals surface area (Å²) in [6, 6.07) is 12.5. The van der Waals surface area contributed by atoms with Gasteiger partial charge in [-0.2, -0.15) is 0 Å². The minimum atomic E-state index is -0.0944. The number of rotatable bonds is 6. The van der Waals surface area contributed by atoms with Gasteiger partial charge in [-0.1, -0.05) is 66.2 Å². The van der Waals surface area contributed by atoms with E-state index in [9.17, 15) is 9.59 Å². The summed E-state index contributed by atoms with van der Waals surface area (Å²) in [7, 11) is 0. The molecule has 0 radical (unpaired) electrons. The lowest BCUT2D eigenvalue weighted by Crippen LogP contribution is -2.11. The second kappa shape index (κ2) is 15.1. The zero-order chi connectivity index (χ0) is 22.6. The van der Waals surface area contributed by atoms with E-state index in [1.807, 2.05) is 6.07 Å². The van der Waals surface area contributed by atoms with Gasteiger partial charge in [-0.15, -0.1) is 0 Å². The molecule has 0 amide bonds. The largest absolute Gasteiger partial charge is 0.303 e. The average molecular weight is 591 g/mol. The molecule has 5 heteroatoms. The van der Waals surface area contributed by atoms with E-state index in [4.69, 9.17) is 0 Å². The van der Waals surface area contributed by atoms with E-state index in [0.717, 1.165) is 12.6 Å². The van der Waals surface area contributed by atoms with Crippen molar-refractivity contribution in [3.63, 3.8) is 0 Å². The quantitative estimate of drug-likeness (QED) is 0.252. The van der Waals surface area contributed by atoms with Gasteiger partial charge >= 0.3 is 0 Å². The van der Waals surface area contributed by atoms with Gasteiger partial charge < -0.3 is 9.59 Å². The van der Waals surface area contributed by atoms with Crippen LogP contribution < -0.4 is 0 Å². The average Bonchev–Trinajstić information content (AvgIpc) is 2.73. The molecule has 0 N–H and O–H groups in total. The Bertz CT molecular complexity index is 775. The topological polar surface area (TPSA) is 34.1 Å². The molecule has 0 saturated carbocycles. The summed E-state index contributed by atoms with van der Waals surface area (Å²) >= 11 is 8.87. The summed E-state index contributed by atoms with van der Waals surface area (Å²) in [5.41, 5.74) is 7.73. The molecule has 0 heterocycles. The standard InChI is InChI=1S/C12H15BrO.C12H16O.Br2/c1-8-5-4-6-11(9(8)2)10(3)12(13)7-14;1-9-5-4-6-12(11(9)3)10(2)7-8-13;1-2/h4-7,10,12H,1-3H3;4-6,8,10H,7H2,1-3H3;. The number of halogens is 3. The van der Waals surface area contributed by atoms with Crippen LogP contribution in [-0.2, 0) is 9.59 Å². The maximum Gasteiger partial charge on any atom is 0.134 e. The fraction of sp³-hybridized carbons (Fsp3) is 0.417. The maximum absolute atomic E-state index is 10.7. The summed E-state index contributed by atoms with van der Waals surface area (Å²) in [6.07, 6.45) is 2.56. The molecule has 2 rings (SSSR count). The highest BCUT2D eigenvalue weighted by Crippen LogP contribution is 2.27. The predicted molar refractivity (Wildman–Crippen MR) is 136 cm³/mol. The fourth-order valence-electron chi connectivity index (χ4n) is 3.14. The fourth-order valence-corrected chi connectivity index (χ4v) is 3.42. The van der Waals surface area contributed by atoms with Crippen molar-refractivity contribution in [1.82, 2.24) is 0 Å². The summed E-state index contributed by atoms with van der Waals surface area (Å²) in [5, 5.41) is 0. The van der Waals surface area contributed by atoms with Crippen molar-refractivity contribution >= 4 is 56.8 Å². The summed E-state index contributed by atoms with van der Waals surface area (Å²) < 4.78 is 0. The third kappa shape index (κ3) is 8.85. The van der Waals surface area contributed by atoms with Crippen LogP contribution in [0, 0.1) is 27.7 Å². The highest BCUT2D eigenvalue weighted by Gasteiger charge is 2.17. The third-order valence-corrected chi connectivity index (χ3v) is 6.38. The Kier molecular flexibility index (Phi) is 14.7. The van der Waals surface area contributed by atoms with E-state index < -0.39 is 0 Å². The molecule has 0 aliphatic heterocycles. The molecule has 3 unspecified atom stereocenters. The first-order valence-corrected chi connectivity index (χ1v) is 14.2. The molecular weight excluding hydrogens is 560 g/mol. The number of benzene rings is 2. The van der Waals surface area contributed by atoms with E-state index in [1.54, 1.807) is 0 Å². The van der Waals surface area contributed by atoms with Crippen molar-refractivity contribution in [3.05, 3.63) is 69.8 Å². The highest BCUT2D eigenvalue weighted by molar-refractivity contribution is 9.93. The normalized spacial score (nSPS) is 13.0. The Morgan fingerprint density at radius 1 is 0.828 bits per heavy atom. The van der Waals surface area contributed by atoms with Gasteiger partial charge in [-0.05, 0) is 67.0 Å². The van der Waals surface area contributed by atoms with Gasteiger partial charge in [-0.25, -0.2) is 0 Å². The minimum Gasteiger partial charge on any atom is -0.303 e. The Labute approximate surface area is 199 Å². The lowest BCUT2D eigenvalue weighted by molar-refractivity contribution is -0.108. The maximum atomic E-state index is 10.7. The van der Waals surface area contributed by atoms with Crippen LogP contribution >= 0.6 is 44.2 Å².